The van der Waals surface area contributed by atoms with Crippen molar-refractivity contribution in [3.05, 3.63) is 74.8 Å². The molecule has 1 heterocycles. The van der Waals surface area contributed by atoms with Gasteiger partial charge in [-0.15, -0.1) is 0 Å². The molecule has 0 radical (unpaired) electrons. The molecule has 22 heavy (non-hydrogen) atoms. The molecule has 0 amide bonds. The maximum atomic E-state index is 12.0. The van der Waals surface area contributed by atoms with Gasteiger partial charge in [-0.1, -0.05) is 30.3 Å². The van der Waals surface area contributed by atoms with Gasteiger partial charge in [0.05, 0.1) is 16.6 Å². The third-order valence-corrected chi connectivity index (χ3v) is 3.30. The number of aromatic amines is 1. The van der Waals surface area contributed by atoms with Crippen molar-refractivity contribution in [1.29, 1.82) is 0 Å². The Morgan fingerprint density at radius 1 is 1.18 bits per heavy atom. The van der Waals surface area contributed by atoms with Gasteiger partial charge in [-0.2, -0.15) is 0 Å². The molecule has 2 N–H and O–H groups in total. The van der Waals surface area contributed by atoms with E-state index in [1.807, 2.05) is 30.3 Å². The maximum Gasteiger partial charge on any atom is 0.295 e. The number of rotatable bonds is 4. The van der Waals surface area contributed by atoms with E-state index in [0.717, 1.165) is 5.56 Å². The molecule has 0 fully saturated rings. The summed E-state index contributed by atoms with van der Waals surface area (Å²) in [6.45, 7) is 0.502. The lowest BCUT2D eigenvalue weighted by molar-refractivity contribution is -0.383. The van der Waals surface area contributed by atoms with Crippen LogP contribution in [0.2, 0.25) is 0 Å². The highest BCUT2D eigenvalue weighted by Gasteiger charge is 2.17. The average molecular weight is 296 g/mol. The first-order chi connectivity index (χ1) is 10.7. The Labute approximate surface area is 124 Å². The number of aromatic nitrogens is 2. The molecule has 3 rings (SSSR count). The van der Waals surface area contributed by atoms with Crippen molar-refractivity contribution >= 4 is 22.3 Å². The van der Waals surface area contributed by atoms with E-state index in [9.17, 15) is 14.9 Å². The minimum Gasteiger partial charge on any atom is -0.380 e. The van der Waals surface area contributed by atoms with Gasteiger partial charge in [-0.05, 0) is 11.6 Å². The molecular formula is C15H12N4O3. The van der Waals surface area contributed by atoms with Gasteiger partial charge in [0.25, 0.3) is 11.2 Å². The average Bonchev–Trinajstić information content (AvgIpc) is 2.53. The van der Waals surface area contributed by atoms with Crippen molar-refractivity contribution in [3.63, 3.8) is 0 Å². The molecule has 0 saturated heterocycles. The van der Waals surface area contributed by atoms with Crippen LogP contribution < -0.4 is 10.9 Å². The fourth-order valence-electron chi connectivity index (χ4n) is 2.26. The number of hydrogen-bond donors (Lipinski definition) is 2. The largest absolute Gasteiger partial charge is 0.380 e. The molecule has 0 aliphatic heterocycles. The number of hydrogen-bond acceptors (Lipinski definition) is 5. The lowest BCUT2D eigenvalue weighted by Gasteiger charge is -2.09. The third-order valence-electron chi connectivity index (χ3n) is 3.30. The fourth-order valence-corrected chi connectivity index (χ4v) is 2.26. The van der Waals surface area contributed by atoms with Crippen LogP contribution in [0.4, 0.5) is 11.4 Å². The number of fused-ring (bicyclic) bond motifs is 1. The molecule has 7 nitrogen and oxygen atoms in total. The van der Waals surface area contributed by atoms with E-state index in [2.05, 4.69) is 15.3 Å². The van der Waals surface area contributed by atoms with Crippen molar-refractivity contribution in [2.75, 3.05) is 5.32 Å². The molecule has 7 heteroatoms. The summed E-state index contributed by atoms with van der Waals surface area (Å²) >= 11 is 0. The molecule has 0 saturated carbocycles. The fraction of sp³-hybridized carbons (Fsp3) is 0.0667. The van der Waals surface area contributed by atoms with E-state index in [1.165, 1.54) is 18.5 Å². The van der Waals surface area contributed by atoms with Crippen LogP contribution >= 0.6 is 0 Å². The van der Waals surface area contributed by atoms with E-state index < -0.39 is 10.5 Å². The van der Waals surface area contributed by atoms with Gasteiger partial charge in [0.15, 0.2) is 5.52 Å². The molecule has 0 spiro atoms. The monoisotopic (exact) mass is 296 g/mol. The predicted molar refractivity (Wildman–Crippen MR) is 82.8 cm³/mol. The Hall–Kier alpha value is -3.22. The van der Waals surface area contributed by atoms with E-state index in [1.54, 1.807) is 0 Å². The predicted octanol–water partition coefficient (Wildman–Crippen LogP) is 2.44. The van der Waals surface area contributed by atoms with Crippen LogP contribution in [0, 0.1) is 10.1 Å². The maximum absolute atomic E-state index is 12.0. The molecule has 3 aromatic rings. The second-order valence-corrected chi connectivity index (χ2v) is 4.68. The van der Waals surface area contributed by atoms with E-state index >= 15 is 0 Å². The van der Waals surface area contributed by atoms with Crippen molar-refractivity contribution in [1.82, 2.24) is 9.97 Å². The van der Waals surface area contributed by atoms with E-state index in [-0.39, 0.29) is 16.6 Å². The molecule has 0 bridgehead atoms. The molecule has 110 valence electrons. The SMILES string of the molecule is O=c1[nH]cnc2c([N+](=O)[O-])ccc(NCc3ccccc3)c12. The quantitative estimate of drug-likeness (QED) is 0.569. The standard InChI is InChI=1S/C15H12N4O3/c20-15-13-11(16-8-10-4-2-1-3-5-10)6-7-12(19(21)22)14(13)17-9-18-15/h1-7,9,16H,8H2,(H,17,18,20). The number of anilines is 1. The van der Waals surface area contributed by atoms with Crippen molar-refractivity contribution in [2.24, 2.45) is 0 Å². The Bertz CT molecular complexity index is 890. The highest BCUT2D eigenvalue weighted by atomic mass is 16.6. The molecule has 0 aliphatic rings. The molecule has 2 aromatic carbocycles. The number of nitrogens with zero attached hydrogens (tertiary/aromatic N) is 2. The first-order valence-electron chi connectivity index (χ1n) is 6.59. The summed E-state index contributed by atoms with van der Waals surface area (Å²) in [7, 11) is 0. The van der Waals surface area contributed by atoms with E-state index in [4.69, 9.17) is 0 Å². The van der Waals surface area contributed by atoms with Crippen molar-refractivity contribution in [3.8, 4) is 0 Å². The number of non-ortho nitro benzene ring substituents is 1. The molecule has 0 atom stereocenters. The van der Waals surface area contributed by atoms with Gasteiger partial charge < -0.3 is 10.3 Å². The van der Waals surface area contributed by atoms with Crippen molar-refractivity contribution in [2.45, 2.75) is 6.54 Å². The molecule has 0 unspecified atom stereocenters. The second-order valence-electron chi connectivity index (χ2n) is 4.68. The Kier molecular flexibility index (Phi) is 3.53. The van der Waals surface area contributed by atoms with Crippen LogP contribution in [0.25, 0.3) is 10.9 Å². The van der Waals surface area contributed by atoms with Gasteiger partial charge in [-0.25, -0.2) is 4.98 Å². The smallest absolute Gasteiger partial charge is 0.295 e. The Morgan fingerprint density at radius 2 is 1.95 bits per heavy atom. The zero-order valence-electron chi connectivity index (χ0n) is 11.4. The summed E-state index contributed by atoms with van der Waals surface area (Å²) in [5.74, 6) is 0. The minimum absolute atomic E-state index is 0.0758. The van der Waals surface area contributed by atoms with Crippen LogP contribution in [0.15, 0.2) is 53.6 Å². The number of benzene rings is 2. The van der Waals surface area contributed by atoms with Gasteiger partial charge in [0, 0.05) is 18.3 Å². The zero-order valence-corrected chi connectivity index (χ0v) is 11.4. The second kappa shape index (κ2) is 5.65. The normalized spacial score (nSPS) is 10.5. The van der Waals surface area contributed by atoms with Gasteiger partial charge in [0.2, 0.25) is 0 Å². The number of H-pyrrole nitrogens is 1. The minimum atomic E-state index is -0.546. The van der Waals surface area contributed by atoms with Crippen LogP contribution in [0.3, 0.4) is 0 Å². The van der Waals surface area contributed by atoms with Crippen LogP contribution in [-0.4, -0.2) is 14.9 Å². The van der Waals surface area contributed by atoms with Gasteiger partial charge in [-0.3, -0.25) is 14.9 Å². The van der Waals surface area contributed by atoms with Crippen LogP contribution in [-0.2, 0) is 6.54 Å². The lowest BCUT2D eigenvalue weighted by atomic mass is 10.1. The number of nitrogens with one attached hydrogen (secondary N) is 2. The van der Waals surface area contributed by atoms with E-state index in [0.29, 0.717) is 12.2 Å². The summed E-state index contributed by atoms with van der Waals surface area (Å²) in [6, 6.07) is 12.5. The highest BCUT2D eigenvalue weighted by molar-refractivity contribution is 5.96. The summed E-state index contributed by atoms with van der Waals surface area (Å²) < 4.78 is 0. The highest BCUT2D eigenvalue weighted by Crippen LogP contribution is 2.27. The molecule has 1 aromatic heterocycles. The molecule has 0 aliphatic carbocycles. The number of nitro benzene ring substituents is 1. The topological polar surface area (TPSA) is 101 Å². The van der Waals surface area contributed by atoms with Gasteiger partial charge >= 0.3 is 0 Å². The molecular weight excluding hydrogens is 284 g/mol. The summed E-state index contributed by atoms with van der Waals surface area (Å²) in [5, 5.41) is 14.4. The Morgan fingerprint density at radius 3 is 2.68 bits per heavy atom. The van der Waals surface area contributed by atoms with Gasteiger partial charge in [0.1, 0.15) is 0 Å². The summed E-state index contributed by atoms with van der Waals surface area (Å²) in [5.41, 5.74) is 1.02. The zero-order chi connectivity index (χ0) is 15.5. The first-order valence-corrected chi connectivity index (χ1v) is 6.59. The lowest BCUT2D eigenvalue weighted by Crippen LogP contribution is -2.11. The van der Waals surface area contributed by atoms with Crippen molar-refractivity contribution < 1.29 is 4.92 Å². The number of nitro groups is 1. The summed E-state index contributed by atoms with van der Waals surface area (Å²) in [6.07, 6.45) is 1.17. The first kappa shape index (κ1) is 13.7. The Balaban J connectivity index is 2.05. The third kappa shape index (κ3) is 2.51. The van der Waals surface area contributed by atoms with Crippen LogP contribution in [0.1, 0.15) is 5.56 Å². The van der Waals surface area contributed by atoms with Crippen LogP contribution in [0.5, 0.6) is 0 Å². The summed E-state index contributed by atoms with van der Waals surface area (Å²) in [4.78, 5) is 28.9.